The summed E-state index contributed by atoms with van der Waals surface area (Å²) in [6.07, 6.45) is 1.61. The van der Waals surface area contributed by atoms with Crippen molar-refractivity contribution in [1.29, 1.82) is 0 Å². The predicted octanol–water partition coefficient (Wildman–Crippen LogP) is 5.20. The number of aryl methyl sites for hydroxylation is 1. The number of rotatable bonds is 12. The molecule has 5 nitrogen and oxygen atoms in total. The molecule has 0 radical (unpaired) electrons. The van der Waals surface area contributed by atoms with E-state index in [1.807, 2.05) is 72.8 Å². The third-order valence-corrected chi connectivity index (χ3v) is 5.81. The zero-order valence-corrected chi connectivity index (χ0v) is 20.2. The molecule has 0 fully saturated rings. The lowest BCUT2D eigenvalue weighted by atomic mass is 10.0. The van der Waals surface area contributed by atoms with E-state index in [2.05, 4.69) is 5.32 Å². The summed E-state index contributed by atoms with van der Waals surface area (Å²) in [6, 6.07) is 26.0. The van der Waals surface area contributed by atoms with E-state index in [4.69, 9.17) is 16.3 Å². The molecule has 0 saturated carbocycles. The fourth-order valence-electron chi connectivity index (χ4n) is 3.78. The first-order chi connectivity index (χ1) is 16.6. The van der Waals surface area contributed by atoms with Gasteiger partial charge in [-0.15, -0.1) is 0 Å². The fraction of sp³-hybridized carbons (Fsp3) is 0.286. The highest BCUT2D eigenvalue weighted by atomic mass is 35.5. The Morgan fingerprint density at radius 3 is 2.21 bits per heavy atom. The minimum Gasteiger partial charge on any atom is -0.385 e. The topological polar surface area (TPSA) is 58.6 Å². The van der Waals surface area contributed by atoms with Crippen LogP contribution in [0.1, 0.15) is 35.6 Å². The molecule has 178 valence electrons. The molecule has 3 rings (SSSR count). The number of carbonyl (C=O) groups excluding carboxylic acids is 2. The monoisotopic (exact) mass is 478 g/mol. The molecule has 0 unspecified atom stereocenters. The maximum Gasteiger partial charge on any atom is 0.247 e. The van der Waals surface area contributed by atoms with Gasteiger partial charge in [-0.3, -0.25) is 9.59 Å². The SMILES string of the molecule is COCCCNC(=O)[C@H](c1ccccc1)N(Cc1ccc(Cl)cc1)C(=O)CCc1ccccc1. The second-order valence-corrected chi connectivity index (χ2v) is 8.52. The third kappa shape index (κ3) is 7.72. The van der Waals surface area contributed by atoms with Gasteiger partial charge in [-0.1, -0.05) is 84.4 Å². The Balaban J connectivity index is 1.88. The molecule has 0 saturated heterocycles. The minimum absolute atomic E-state index is 0.0836. The van der Waals surface area contributed by atoms with E-state index < -0.39 is 6.04 Å². The van der Waals surface area contributed by atoms with E-state index in [1.54, 1.807) is 24.1 Å². The first kappa shape index (κ1) is 25.5. The summed E-state index contributed by atoms with van der Waals surface area (Å²) in [5, 5.41) is 3.61. The summed E-state index contributed by atoms with van der Waals surface area (Å²) in [5.74, 6) is -0.288. The Morgan fingerprint density at radius 2 is 1.56 bits per heavy atom. The van der Waals surface area contributed by atoms with Crippen LogP contribution in [0.3, 0.4) is 0 Å². The summed E-state index contributed by atoms with van der Waals surface area (Å²) in [7, 11) is 1.63. The third-order valence-electron chi connectivity index (χ3n) is 5.56. The summed E-state index contributed by atoms with van der Waals surface area (Å²) in [4.78, 5) is 28.7. The molecular formula is C28H31ClN2O3. The van der Waals surface area contributed by atoms with Gasteiger partial charge in [-0.05, 0) is 41.7 Å². The first-order valence-corrected chi connectivity index (χ1v) is 11.9. The molecule has 3 aromatic rings. The van der Waals surface area contributed by atoms with Crippen LogP contribution in [0.5, 0.6) is 0 Å². The summed E-state index contributed by atoms with van der Waals surface area (Å²) in [6.45, 7) is 1.33. The number of hydrogen-bond donors (Lipinski definition) is 1. The molecule has 34 heavy (non-hydrogen) atoms. The number of nitrogens with zero attached hydrogens (tertiary/aromatic N) is 1. The summed E-state index contributed by atoms with van der Waals surface area (Å²) in [5.41, 5.74) is 2.77. The van der Waals surface area contributed by atoms with E-state index in [9.17, 15) is 9.59 Å². The lowest BCUT2D eigenvalue weighted by Crippen LogP contribution is -2.43. The van der Waals surface area contributed by atoms with Crippen LogP contribution < -0.4 is 5.32 Å². The predicted molar refractivity (Wildman–Crippen MR) is 135 cm³/mol. The molecule has 1 atom stereocenters. The smallest absolute Gasteiger partial charge is 0.247 e. The van der Waals surface area contributed by atoms with E-state index in [0.717, 1.165) is 16.7 Å². The highest BCUT2D eigenvalue weighted by Gasteiger charge is 2.31. The maximum atomic E-state index is 13.6. The van der Waals surface area contributed by atoms with E-state index in [1.165, 1.54) is 0 Å². The highest BCUT2D eigenvalue weighted by molar-refractivity contribution is 6.30. The van der Waals surface area contributed by atoms with Crippen molar-refractivity contribution in [1.82, 2.24) is 10.2 Å². The van der Waals surface area contributed by atoms with Gasteiger partial charge in [0.15, 0.2) is 0 Å². The van der Waals surface area contributed by atoms with Crippen molar-refractivity contribution in [3.63, 3.8) is 0 Å². The Morgan fingerprint density at radius 1 is 0.912 bits per heavy atom. The second-order valence-electron chi connectivity index (χ2n) is 8.08. The molecule has 0 aliphatic heterocycles. The van der Waals surface area contributed by atoms with Crippen LogP contribution in [0.2, 0.25) is 5.02 Å². The van der Waals surface area contributed by atoms with Crippen LogP contribution in [-0.4, -0.2) is 37.0 Å². The molecule has 0 spiro atoms. The van der Waals surface area contributed by atoms with Crippen molar-refractivity contribution < 1.29 is 14.3 Å². The van der Waals surface area contributed by atoms with Crippen LogP contribution in [0.4, 0.5) is 0 Å². The molecule has 0 bridgehead atoms. The molecule has 3 aromatic carbocycles. The van der Waals surface area contributed by atoms with Gasteiger partial charge in [0, 0.05) is 38.2 Å². The van der Waals surface area contributed by atoms with Gasteiger partial charge < -0.3 is 15.0 Å². The van der Waals surface area contributed by atoms with Crippen LogP contribution >= 0.6 is 11.6 Å². The largest absolute Gasteiger partial charge is 0.385 e. The van der Waals surface area contributed by atoms with Crippen molar-refractivity contribution in [3.8, 4) is 0 Å². The molecule has 0 aliphatic carbocycles. The summed E-state index contributed by atoms with van der Waals surface area (Å²) < 4.78 is 5.09. The number of nitrogens with one attached hydrogen (secondary N) is 1. The maximum absolute atomic E-state index is 13.6. The Hall–Kier alpha value is -3.15. The molecule has 0 aromatic heterocycles. The lowest BCUT2D eigenvalue weighted by Gasteiger charge is -2.32. The van der Waals surface area contributed by atoms with E-state index >= 15 is 0 Å². The average molecular weight is 479 g/mol. The molecule has 1 N–H and O–H groups in total. The van der Waals surface area contributed by atoms with E-state index in [0.29, 0.717) is 44.0 Å². The van der Waals surface area contributed by atoms with Crippen LogP contribution in [-0.2, 0) is 27.3 Å². The zero-order valence-electron chi connectivity index (χ0n) is 19.5. The minimum atomic E-state index is -0.748. The van der Waals surface area contributed by atoms with Crippen LogP contribution in [0.25, 0.3) is 0 Å². The molecule has 0 heterocycles. The average Bonchev–Trinajstić information content (AvgIpc) is 2.87. The van der Waals surface area contributed by atoms with Crippen LogP contribution in [0, 0.1) is 0 Å². The Bertz CT molecular complexity index is 1030. The number of hydrogen-bond acceptors (Lipinski definition) is 3. The molecule has 6 heteroatoms. The standard InChI is InChI=1S/C28H31ClN2O3/c1-34-20-8-19-30-28(33)27(24-11-6-3-7-12-24)31(21-23-13-16-25(29)17-14-23)26(32)18-15-22-9-4-2-5-10-22/h2-7,9-14,16-17,27H,8,15,18-21H2,1H3,(H,30,33)/t27-/m0/s1. The van der Waals surface area contributed by atoms with Crippen molar-refractivity contribution >= 4 is 23.4 Å². The number of carbonyl (C=O) groups is 2. The van der Waals surface area contributed by atoms with Gasteiger partial charge in [-0.25, -0.2) is 0 Å². The normalized spacial score (nSPS) is 11.6. The van der Waals surface area contributed by atoms with Gasteiger partial charge in [0.25, 0.3) is 0 Å². The summed E-state index contributed by atoms with van der Waals surface area (Å²) >= 11 is 6.07. The number of benzene rings is 3. The quantitative estimate of drug-likeness (QED) is 0.364. The number of ether oxygens (including phenoxy) is 1. The molecular weight excluding hydrogens is 448 g/mol. The van der Waals surface area contributed by atoms with Crippen molar-refractivity contribution in [2.45, 2.75) is 31.8 Å². The number of halogens is 1. The van der Waals surface area contributed by atoms with Crippen molar-refractivity contribution in [3.05, 3.63) is 107 Å². The Labute approximate surface area is 206 Å². The van der Waals surface area contributed by atoms with Gasteiger partial charge in [0.2, 0.25) is 11.8 Å². The number of methoxy groups -OCH3 is 1. The fourth-order valence-corrected chi connectivity index (χ4v) is 3.91. The van der Waals surface area contributed by atoms with E-state index in [-0.39, 0.29) is 11.8 Å². The van der Waals surface area contributed by atoms with Gasteiger partial charge in [-0.2, -0.15) is 0 Å². The van der Waals surface area contributed by atoms with Gasteiger partial charge in [0.05, 0.1) is 0 Å². The molecule has 0 aliphatic rings. The van der Waals surface area contributed by atoms with Gasteiger partial charge >= 0.3 is 0 Å². The van der Waals surface area contributed by atoms with Crippen molar-refractivity contribution in [2.75, 3.05) is 20.3 Å². The lowest BCUT2D eigenvalue weighted by molar-refractivity contribution is -0.141. The first-order valence-electron chi connectivity index (χ1n) is 11.5. The highest BCUT2D eigenvalue weighted by Crippen LogP contribution is 2.25. The Kier molecular flexibility index (Phi) is 10.1. The van der Waals surface area contributed by atoms with Crippen LogP contribution in [0.15, 0.2) is 84.9 Å². The zero-order chi connectivity index (χ0) is 24.2. The molecule has 2 amide bonds. The second kappa shape index (κ2) is 13.5. The van der Waals surface area contributed by atoms with Gasteiger partial charge in [0.1, 0.15) is 6.04 Å². The number of amides is 2. The van der Waals surface area contributed by atoms with Crippen molar-refractivity contribution in [2.24, 2.45) is 0 Å².